The van der Waals surface area contributed by atoms with E-state index in [2.05, 4.69) is 58.0 Å². The van der Waals surface area contributed by atoms with E-state index in [-0.39, 0.29) is 62.6 Å². The third-order valence-corrected chi connectivity index (χ3v) is 22.1. The van der Waals surface area contributed by atoms with Crippen molar-refractivity contribution in [3.8, 4) is 0 Å². The van der Waals surface area contributed by atoms with Crippen molar-refractivity contribution in [1.82, 2.24) is 37.2 Å². The molecule has 0 spiro atoms. The average Bonchev–Trinajstić information content (AvgIpc) is 1.43. The highest BCUT2D eigenvalue weighted by Crippen LogP contribution is 2.23. The molecule has 7 atom stereocenters. The Morgan fingerprint density at radius 1 is 0.380 bits per heavy atom. The number of esters is 2. The van der Waals surface area contributed by atoms with Crippen molar-refractivity contribution in [2.24, 2.45) is 28.7 Å². The highest BCUT2D eigenvalue weighted by molar-refractivity contribution is 7.99. The monoisotopic (exact) mass is 1560 g/mol. The molecular weight excluding hydrogens is 1410 g/mol. The molecule has 1 unspecified atom stereocenters. The summed E-state index contributed by atoms with van der Waals surface area (Å²) in [6.07, 6.45) is 48.6. The smallest absolute Gasteiger partial charge is 0.315 e. The Morgan fingerprint density at radius 2 is 0.722 bits per heavy atom. The van der Waals surface area contributed by atoms with Gasteiger partial charge in [0.15, 0.2) is 0 Å². The molecule has 0 saturated carbocycles. The summed E-state index contributed by atoms with van der Waals surface area (Å²) >= 11 is 2.44. The molecule has 0 aliphatic heterocycles. The minimum absolute atomic E-state index is 0.0375. The number of amides is 8. The molecule has 0 saturated heterocycles. The molecule has 1 aromatic heterocycles. The molecule has 1 aromatic rings. The van der Waals surface area contributed by atoms with Crippen LogP contribution in [0.4, 0.5) is 4.79 Å². The number of thiophene rings is 1. The number of hydrogen-bond acceptors (Lipinski definition) is 17. The summed E-state index contributed by atoms with van der Waals surface area (Å²) in [6.45, 7) is 8.24. The van der Waals surface area contributed by atoms with Crippen LogP contribution in [0.3, 0.4) is 0 Å². The molecule has 0 aliphatic carbocycles. The molecule has 17 N–H and O–H groups in total. The molecule has 1 rings (SSSR count). The van der Waals surface area contributed by atoms with Crippen LogP contribution in [-0.4, -0.2) is 141 Å². The highest BCUT2D eigenvalue weighted by Gasteiger charge is 2.35. The van der Waals surface area contributed by atoms with Crippen LogP contribution < -0.4 is 65.9 Å². The molecule has 1 heterocycles. The summed E-state index contributed by atoms with van der Waals surface area (Å²) in [5.74, 6) is -4.88. The van der Waals surface area contributed by atoms with Gasteiger partial charge in [0.2, 0.25) is 35.4 Å². The van der Waals surface area contributed by atoms with Crippen LogP contribution in [0.5, 0.6) is 0 Å². The Bertz CT molecular complexity index is 2420. The largest absolute Gasteiger partial charge is 0.462 e. The van der Waals surface area contributed by atoms with Crippen molar-refractivity contribution in [3.05, 3.63) is 22.4 Å². The minimum Gasteiger partial charge on any atom is -0.462 e. The van der Waals surface area contributed by atoms with Crippen LogP contribution in [0.15, 0.2) is 17.5 Å². The summed E-state index contributed by atoms with van der Waals surface area (Å²) in [5, 5.41) is 21.7. The zero-order valence-electron chi connectivity index (χ0n) is 67.9. The van der Waals surface area contributed by atoms with Crippen LogP contribution in [0, 0.1) is 0 Å². The maximum absolute atomic E-state index is 15.0. The van der Waals surface area contributed by atoms with E-state index in [4.69, 9.17) is 38.1 Å². The van der Waals surface area contributed by atoms with Crippen molar-refractivity contribution in [3.63, 3.8) is 0 Å². The first-order valence-corrected chi connectivity index (χ1v) is 45.2. The fourth-order valence-corrected chi connectivity index (χ4v) is 15.0. The maximum Gasteiger partial charge on any atom is 0.315 e. The van der Waals surface area contributed by atoms with Gasteiger partial charge < -0.3 is 75.4 Å². The van der Waals surface area contributed by atoms with Gasteiger partial charge in [-0.1, -0.05) is 252 Å². The van der Waals surface area contributed by atoms with Gasteiger partial charge in [-0.15, -0.1) is 11.3 Å². The van der Waals surface area contributed by atoms with E-state index >= 15 is 0 Å². The van der Waals surface area contributed by atoms with E-state index < -0.39 is 89.8 Å². The van der Waals surface area contributed by atoms with Crippen LogP contribution in [-0.2, 0) is 47.8 Å². The minimum atomic E-state index is -1.37. The second-order valence-corrected chi connectivity index (χ2v) is 32.0. The van der Waals surface area contributed by atoms with Crippen molar-refractivity contribution in [2.75, 3.05) is 50.8 Å². The Labute approximate surface area is 661 Å². The third kappa shape index (κ3) is 56.2. The molecule has 0 radical (unpaired) electrons. The normalized spacial score (nSPS) is 13.3. The van der Waals surface area contributed by atoms with Gasteiger partial charge in [0.25, 0.3) is 0 Å². The number of nitrogens with one attached hydrogen (secondary N) is 7. The lowest BCUT2D eigenvalue weighted by atomic mass is 10.0. The van der Waals surface area contributed by atoms with Gasteiger partial charge in [-0.2, -0.15) is 11.8 Å². The number of ether oxygens (including phenoxy) is 2. The summed E-state index contributed by atoms with van der Waals surface area (Å²) < 4.78 is 11.9. The molecule has 108 heavy (non-hydrogen) atoms. The Balaban J connectivity index is 3.53. The SMILES string of the molecule is CCCCCCCCCCCCCCCC(=O)OCC(CSC[C@H](NC(=O)NCCCCCCCCCCCCCC)C(=O)N[C@H](C(=O)N[C@@H](CCCCN)C(=O)N[C@@H](CCCCN)C(=O)N[C@@H](CCCCN)C(=O)N[C@@H](CCCCN)C(N)=O)c1cccs1)OC(=O)CCCCCCCCCCCCCCC. The number of unbranched alkanes of at least 4 members (excludes halogenated alkanes) is 39. The second-order valence-electron chi connectivity index (χ2n) is 29.9. The first kappa shape index (κ1) is 101. The topological polar surface area (TPSA) is 386 Å². The maximum atomic E-state index is 15.0. The standard InChI is InChI=1S/C83H156N12O11S2/c1-4-7-10-13-16-19-22-25-27-30-33-36-39-56-74(96)105-64-67(106-75(97)57-40-37-34-31-28-26-23-20-17-14-11-8-5-2)65-107-66-72(94-83(104)89-62-49-38-35-32-29-24-21-18-15-12-9-6-3)81(102)95-76(73-55-50-63-108-73)82(103)93-71(54-44-48-61-87)80(101)92-70(53-43-47-60-86)79(100)91-69(52-42-46-59-85)78(99)90-68(77(88)98)51-41-45-58-84/h50,55,63,67-72,76H,4-49,51-54,56-62,64-66,84-87H2,1-3H3,(H2,88,98)(H,90,99)(H,91,100)(H,92,101)(H,93,103)(H,95,102)(H2,89,94,104)/t67?,68-,69-,70-,71-,72-,76-/m0/s1. The number of hydrogen-bond donors (Lipinski definition) is 12. The predicted octanol–water partition coefficient (Wildman–Crippen LogP) is 14.4. The number of carbonyl (C=O) groups excluding carboxylic acids is 9. The molecule has 0 fully saturated rings. The number of rotatable bonds is 77. The summed E-state index contributed by atoms with van der Waals surface area (Å²) in [6, 6.07) is -4.38. The van der Waals surface area contributed by atoms with Crippen molar-refractivity contribution in [2.45, 2.75) is 397 Å². The van der Waals surface area contributed by atoms with E-state index in [1.165, 1.54) is 190 Å². The Morgan fingerprint density at radius 3 is 1.09 bits per heavy atom. The number of carbonyl (C=O) groups is 9. The van der Waals surface area contributed by atoms with Gasteiger partial charge in [-0.3, -0.25) is 38.4 Å². The lowest BCUT2D eigenvalue weighted by Gasteiger charge is -2.27. The van der Waals surface area contributed by atoms with Gasteiger partial charge in [-0.05, 0) is 134 Å². The number of thioether (sulfide) groups is 1. The van der Waals surface area contributed by atoms with Crippen LogP contribution >= 0.6 is 23.1 Å². The van der Waals surface area contributed by atoms with E-state index in [1.807, 2.05) is 0 Å². The van der Waals surface area contributed by atoms with Gasteiger partial charge in [0, 0.05) is 35.8 Å². The molecule has 8 amide bonds. The van der Waals surface area contributed by atoms with Gasteiger partial charge in [-0.25, -0.2) is 4.79 Å². The number of primary amides is 1. The number of nitrogens with two attached hydrogens (primary N) is 5. The van der Waals surface area contributed by atoms with Crippen LogP contribution in [0.1, 0.15) is 366 Å². The van der Waals surface area contributed by atoms with E-state index in [1.54, 1.807) is 17.5 Å². The molecular formula is C83H156N12O11S2. The van der Waals surface area contributed by atoms with E-state index in [0.717, 1.165) is 64.2 Å². The van der Waals surface area contributed by atoms with E-state index in [9.17, 15) is 43.2 Å². The number of urea groups is 1. The highest BCUT2D eigenvalue weighted by atomic mass is 32.2. The molecule has 0 aliphatic rings. The molecule has 0 aromatic carbocycles. The first-order valence-electron chi connectivity index (χ1n) is 43.2. The van der Waals surface area contributed by atoms with Gasteiger partial charge in [0.05, 0.1) is 0 Å². The quantitative estimate of drug-likeness (QED) is 0.0213. The van der Waals surface area contributed by atoms with Crippen molar-refractivity contribution < 1.29 is 52.6 Å². The fraction of sp³-hybridized carbons (Fsp3) is 0.843. The van der Waals surface area contributed by atoms with E-state index in [0.29, 0.717) is 102 Å². The van der Waals surface area contributed by atoms with Gasteiger partial charge >= 0.3 is 18.0 Å². The molecule has 0 bridgehead atoms. The Hall–Kier alpha value is -5.08. The molecule has 23 nitrogen and oxygen atoms in total. The van der Waals surface area contributed by atoms with Crippen LogP contribution in [0.2, 0.25) is 0 Å². The predicted molar refractivity (Wildman–Crippen MR) is 444 cm³/mol. The average molecular weight is 1560 g/mol. The lowest BCUT2D eigenvalue weighted by molar-refractivity contribution is -0.157. The van der Waals surface area contributed by atoms with Crippen LogP contribution in [0.25, 0.3) is 0 Å². The van der Waals surface area contributed by atoms with Crippen molar-refractivity contribution >= 4 is 76.5 Å². The summed E-state index contributed by atoms with van der Waals surface area (Å²) in [4.78, 5) is 127. The lowest BCUT2D eigenvalue weighted by Crippen LogP contribution is -2.58. The zero-order valence-corrected chi connectivity index (χ0v) is 69.5. The summed E-state index contributed by atoms with van der Waals surface area (Å²) in [5.41, 5.74) is 29.0. The summed E-state index contributed by atoms with van der Waals surface area (Å²) in [7, 11) is 0. The third-order valence-electron chi connectivity index (χ3n) is 19.9. The fourth-order valence-electron chi connectivity index (χ4n) is 13.2. The molecule has 25 heteroatoms. The Kier molecular flexibility index (Phi) is 67.5. The zero-order chi connectivity index (χ0) is 79.1. The first-order chi connectivity index (χ1) is 52.6. The molecule has 626 valence electrons. The van der Waals surface area contributed by atoms with Gasteiger partial charge in [0.1, 0.15) is 49.0 Å². The second kappa shape index (κ2) is 72.2. The van der Waals surface area contributed by atoms with Crippen molar-refractivity contribution in [1.29, 1.82) is 0 Å².